The third kappa shape index (κ3) is 2.42. The van der Waals surface area contributed by atoms with E-state index < -0.39 is 0 Å². The van der Waals surface area contributed by atoms with Crippen LogP contribution in [0.25, 0.3) is 0 Å². The Morgan fingerprint density at radius 2 is 2.11 bits per heavy atom. The number of carbonyl (C=O) groups is 1. The van der Waals surface area contributed by atoms with Gasteiger partial charge in [0.1, 0.15) is 0 Å². The van der Waals surface area contributed by atoms with Crippen LogP contribution in [0.3, 0.4) is 0 Å². The van der Waals surface area contributed by atoms with Gasteiger partial charge in [0.2, 0.25) is 0 Å². The van der Waals surface area contributed by atoms with Crippen molar-refractivity contribution in [1.29, 1.82) is 0 Å². The first-order valence-corrected chi connectivity index (χ1v) is 7.84. The summed E-state index contributed by atoms with van der Waals surface area (Å²) in [6.07, 6.45) is 5.54. The van der Waals surface area contributed by atoms with Gasteiger partial charge in [-0.1, -0.05) is 18.6 Å². The second-order valence-electron chi connectivity index (χ2n) is 5.62. The van der Waals surface area contributed by atoms with E-state index in [4.69, 9.17) is 0 Å². The van der Waals surface area contributed by atoms with Crippen LogP contribution in [-0.4, -0.2) is 12.5 Å². The number of hydrogen-bond acceptors (Lipinski definition) is 1. The third-order valence-electron chi connectivity index (χ3n) is 4.53. The van der Waals surface area contributed by atoms with Crippen molar-refractivity contribution >= 4 is 28.5 Å². The van der Waals surface area contributed by atoms with E-state index in [0.29, 0.717) is 0 Å². The summed E-state index contributed by atoms with van der Waals surface area (Å²) in [7, 11) is 0. The number of halogens is 1. The summed E-state index contributed by atoms with van der Waals surface area (Å²) in [5, 5.41) is 3.12. The van der Waals surface area contributed by atoms with Crippen LogP contribution in [0, 0.1) is 21.3 Å². The van der Waals surface area contributed by atoms with Gasteiger partial charge in [-0.15, -0.1) is 0 Å². The van der Waals surface area contributed by atoms with Gasteiger partial charge in [-0.3, -0.25) is 4.79 Å². The summed E-state index contributed by atoms with van der Waals surface area (Å²) in [6.45, 7) is 0.866. The minimum Gasteiger partial charge on any atom is -0.352 e. The Labute approximate surface area is 122 Å². The quantitative estimate of drug-likeness (QED) is 0.827. The van der Waals surface area contributed by atoms with Crippen molar-refractivity contribution < 1.29 is 4.79 Å². The average molecular weight is 355 g/mol. The van der Waals surface area contributed by atoms with E-state index in [9.17, 15) is 4.79 Å². The fourth-order valence-electron chi connectivity index (χ4n) is 3.59. The van der Waals surface area contributed by atoms with Gasteiger partial charge in [0.15, 0.2) is 0 Å². The van der Waals surface area contributed by atoms with E-state index in [1.54, 1.807) is 0 Å². The Morgan fingerprint density at radius 3 is 2.78 bits per heavy atom. The molecule has 0 spiro atoms. The van der Waals surface area contributed by atoms with Gasteiger partial charge < -0.3 is 5.32 Å². The number of rotatable bonds is 3. The van der Waals surface area contributed by atoms with E-state index >= 15 is 0 Å². The molecule has 1 aromatic carbocycles. The van der Waals surface area contributed by atoms with Crippen LogP contribution in [-0.2, 0) is 0 Å². The summed E-state index contributed by atoms with van der Waals surface area (Å²) in [5.74, 6) is 2.65. The van der Waals surface area contributed by atoms with Crippen molar-refractivity contribution in [3.63, 3.8) is 0 Å². The highest BCUT2D eigenvalue weighted by molar-refractivity contribution is 14.1. The van der Waals surface area contributed by atoms with Crippen LogP contribution in [0.4, 0.5) is 0 Å². The molecular formula is C15H18INO. The molecule has 3 unspecified atom stereocenters. The van der Waals surface area contributed by atoms with Crippen molar-refractivity contribution in [3.05, 3.63) is 33.4 Å². The number of hydrogen-bond donors (Lipinski definition) is 1. The Morgan fingerprint density at radius 1 is 1.28 bits per heavy atom. The molecule has 1 aromatic rings. The van der Waals surface area contributed by atoms with Crippen molar-refractivity contribution in [2.24, 2.45) is 17.8 Å². The fraction of sp³-hybridized carbons (Fsp3) is 0.533. The molecule has 3 rings (SSSR count). The Hall–Kier alpha value is -0.580. The fourth-order valence-corrected chi connectivity index (χ4v) is 4.22. The maximum atomic E-state index is 12.1. The number of nitrogens with one attached hydrogen (secondary N) is 1. The first-order valence-electron chi connectivity index (χ1n) is 6.77. The molecule has 2 bridgehead atoms. The standard InChI is InChI=1S/C15H18INO/c16-14-4-2-1-3-13(14)15(18)17-9-12-8-10-5-6-11(12)7-10/h1-4,10-12H,5-9H2,(H,17,18). The first kappa shape index (κ1) is 12.5. The van der Waals surface area contributed by atoms with Gasteiger partial charge in [-0.2, -0.15) is 0 Å². The van der Waals surface area contributed by atoms with Crippen LogP contribution >= 0.6 is 22.6 Å². The van der Waals surface area contributed by atoms with Crippen LogP contribution in [0.5, 0.6) is 0 Å². The van der Waals surface area contributed by atoms with E-state index in [0.717, 1.165) is 33.4 Å². The van der Waals surface area contributed by atoms with E-state index in [1.807, 2.05) is 24.3 Å². The highest BCUT2D eigenvalue weighted by atomic mass is 127. The van der Waals surface area contributed by atoms with Crippen LogP contribution < -0.4 is 5.32 Å². The molecule has 3 atom stereocenters. The largest absolute Gasteiger partial charge is 0.352 e. The normalized spacial score (nSPS) is 29.5. The molecule has 0 radical (unpaired) electrons. The van der Waals surface area contributed by atoms with Crippen LogP contribution in [0.1, 0.15) is 36.0 Å². The lowest BCUT2D eigenvalue weighted by Gasteiger charge is -2.21. The minimum absolute atomic E-state index is 0.0859. The minimum atomic E-state index is 0.0859. The molecule has 2 aliphatic rings. The number of amides is 1. The molecule has 3 heteroatoms. The van der Waals surface area contributed by atoms with Gasteiger partial charge in [-0.25, -0.2) is 0 Å². The molecule has 1 N–H and O–H groups in total. The zero-order chi connectivity index (χ0) is 12.5. The molecule has 0 saturated heterocycles. The zero-order valence-electron chi connectivity index (χ0n) is 10.4. The molecule has 1 amide bonds. The topological polar surface area (TPSA) is 29.1 Å². The van der Waals surface area contributed by atoms with Gasteiger partial charge in [0, 0.05) is 10.1 Å². The molecule has 2 saturated carbocycles. The van der Waals surface area contributed by atoms with Crippen molar-refractivity contribution in [3.8, 4) is 0 Å². The summed E-state index contributed by atoms with van der Waals surface area (Å²) >= 11 is 2.22. The van der Waals surface area contributed by atoms with Crippen molar-refractivity contribution in [1.82, 2.24) is 5.32 Å². The molecule has 2 nitrogen and oxygen atoms in total. The lowest BCUT2D eigenvalue weighted by molar-refractivity contribution is 0.0941. The Kier molecular flexibility index (Phi) is 3.59. The molecule has 2 fully saturated rings. The highest BCUT2D eigenvalue weighted by Gasteiger charge is 2.39. The monoisotopic (exact) mass is 355 g/mol. The van der Waals surface area contributed by atoms with Crippen LogP contribution in [0.15, 0.2) is 24.3 Å². The summed E-state index contributed by atoms with van der Waals surface area (Å²) < 4.78 is 1.03. The van der Waals surface area contributed by atoms with Crippen LogP contribution in [0.2, 0.25) is 0 Å². The number of benzene rings is 1. The Bertz CT molecular complexity index is 460. The molecule has 96 valence electrons. The smallest absolute Gasteiger partial charge is 0.252 e. The molecule has 18 heavy (non-hydrogen) atoms. The maximum absolute atomic E-state index is 12.1. The maximum Gasteiger partial charge on any atom is 0.252 e. The lowest BCUT2D eigenvalue weighted by Crippen LogP contribution is -2.31. The molecule has 0 aromatic heterocycles. The number of carbonyl (C=O) groups excluding carboxylic acids is 1. The molecular weight excluding hydrogens is 337 g/mol. The third-order valence-corrected chi connectivity index (χ3v) is 5.47. The van der Waals surface area contributed by atoms with Gasteiger partial charge in [-0.05, 0) is 71.7 Å². The van der Waals surface area contributed by atoms with E-state index in [1.165, 1.54) is 25.7 Å². The second-order valence-corrected chi connectivity index (χ2v) is 6.79. The predicted octanol–water partition coefficient (Wildman–Crippen LogP) is 3.46. The van der Waals surface area contributed by atoms with Crippen molar-refractivity contribution in [2.75, 3.05) is 6.54 Å². The van der Waals surface area contributed by atoms with Crippen molar-refractivity contribution in [2.45, 2.75) is 25.7 Å². The lowest BCUT2D eigenvalue weighted by atomic mass is 9.89. The molecule has 0 aliphatic heterocycles. The second kappa shape index (κ2) is 5.19. The summed E-state index contributed by atoms with van der Waals surface area (Å²) in [6, 6.07) is 7.77. The highest BCUT2D eigenvalue weighted by Crippen LogP contribution is 2.47. The van der Waals surface area contributed by atoms with Gasteiger partial charge >= 0.3 is 0 Å². The summed E-state index contributed by atoms with van der Waals surface area (Å²) in [4.78, 5) is 12.1. The van der Waals surface area contributed by atoms with E-state index in [-0.39, 0.29) is 5.91 Å². The molecule has 0 heterocycles. The number of fused-ring (bicyclic) bond motifs is 2. The van der Waals surface area contributed by atoms with Gasteiger partial charge in [0.05, 0.1) is 5.56 Å². The Balaban J connectivity index is 1.57. The van der Waals surface area contributed by atoms with Gasteiger partial charge in [0.25, 0.3) is 5.91 Å². The SMILES string of the molecule is O=C(NCC1CC2CCC1C2)c1ccccc1I. The van der Waals surface area contributed by atoms with E-state index in [2.05, 4.69) is 27.9 Å². The predicted molar refractivity (Wildman–Crippen MR) is 80.4 cm³/mol. The first-order chi connectivity index (χ1) is 8.74. The molecule has 2 aliphatic carbocycles. The summed E-state index contributed by atoms with van der Waals surface area (Å²) in [5.41, 5.74) is 0.807. The zero-order valence-corrected chi connectivity index (χ0v) is 12.5. The average Bonchev–Trinajstić information content (AvgIpc) is 2.98.